The van der Waals surface area contributed by atoms with E-state index in [2.05, 4.69) is 56.7 Å². The number of piperazine rings is 1. The lowest BCUT2D eigenvalue weighted by molar-refractivity contribution is 0.133. The Hall–Kier alpha value is -3.93. The van der Waals surface area contributed by atoms with Crippen molar-refractivity contribution >= 4 is 45.2 Å². The molecule has 1 fully saturated rings. The number of likely N-dealkylation sites (N-methyl/N-ethyl adjacent to an activating group) is 1. The lowest BCUT2D eigenvalue weighted by atomic mass is 10.0. The maximum absolute atomic E-state index is 9.84. The van der Waals surface area contributed by atoms with Gasteiger partial charge in [0, 0.05) is 54.9 Å². The van der Waals surface area contributed by atoms with Crippen LogP contribution in [0.2, 0.25) is 5.02 Å². The molecule has 2 aromatic heterocycles. The van der Waals surface area contributed by atoms with E-state index in [4.69, 9.17) is 16.3 Å². The number of ether oxygens (including phenoxy) is 1. The summed E-state index contributed by atoms with van der Waals surface area (Å²) in [6.07, 6.45) is 1.62. The Balaban J connectivity index is 1.22. The SMILES string of the molecule is CCN1CCN(Cc2cc(-c3ccc4c(Nc5ccc(Oc6ccccc6)c(Cl)c5)c(C#N)cnc4c3)cs2)CC1. The van der Waals surface area contributed by atoms with Gasteiger partial charge in [0.05, 0.1) is 21.8 Å². The molecule has 1 saturated heterocycles. The van der Waals surface area contributed by atoms with Crippen molar-refractivity contribution in [2.45, 2.75) is 13.5 Å². The Morgan fingerprint density at radius 2 is 1.78 bits per heavy atom. The second kappa shape index (κ2) is 12.3. The minimum absolute atomic E-state index is 0.465. The van der Waals surface area contributed by atoms with E-state index in [-0.39, 0.29) is 0 Å². The highest BCUT2D eigenvalue weighted by Crippen LogP contribution is 2.36. The predicted octanol–water partition coefficient (Wildman–Crippen LogP) is 8.16. The molecule has 0 spiro atoms. The molecule has 0 atom stereocenters. The highest BCUT2D eigenvalue weighted by molar-refractivity contribution is 7.10. The van der Waals surface area contributed by atoms with Gasteiger partial charge in [0.15, 0.2) is 0 Å². The molecule has 3 aromatic carbocycles. The van der Waals surface area contributed by atoms with Crippen LogP contribution in [0, 0.1) is 11.3 Å². The molecule has 6 nitrogen and oxygen atoms in total. The van der Waals surface area contributed by atoms with Crippen LogP contribution < -0.4 is 10.1 Å². The first-order valence-corrected chi connectivity index (χ1v) is 15.0. The summed E-state index contributed by atoms with van der Waals surface area (Å²) in [4.78, 5) is 11.0. The Morgan fingerprint density at radius 1 is 0.976 bits per heavy atom. The number of halogens is 1. The highest BCUT2D eigenvalue weighted by Gasteiger charge is 2.17. The molecule has 1 aliphatic heterocycles. The number of benzene rings is 3. The molecule has 0 unspecified atom stereocenters. The first kappa shape index (κ1) is 27.3. The second-order valence-corrected chi connectivity index (χ2v) is 11.5. The lowest BCUT2D eigenvalue weighted by Crippen LogP contribution is -2.45. The van der Waals surface area contributed by atoms with Gasteiger partial charge in [-0.3, -0.25) is 9.88 Å². The van der Waals surface area contributed by atoms with Gasteiger partial charge in [-0.2, -0.15) is 5.26 Å². The van der Waals surface area contributed by atoms with Crippen LogP contribution >= 0.6 is 22.9 Å². The van der Waals surface area contributed by atoms with Crippen LogP contribution in [0.5, 0.6) is 11.5 Å². The molecule has 6 rings (SSSR count). The van der Waals surface area contributed by atoms with E-state index in [1.54, 1.807) is 12.3 Å². The van der Waals surface area contributed by atoms with Crippen LogP contribution in [0.4, 0.5) is 11.4 Å². The van der Waals surface area contributed by atoms with E-state index in [0.29, 0.717) is 27.8 Å². The second-order valence-electron chi connectivity index (χ2n) is 10.1. The zero-order valence-electron chi connectivity index (χ0n) is 22.8. The monoisotopic (exact) mass is 579 g/mol. The summed E-state index contributed by atoms with van der Waals surface area (Å²) in [6, 6.07) is 25.8. The fourth-order valence-electron chi connectivity index (χ4n) is 5.11. The molecule has 1 aliphatic rings. The van der Waals surface area contributed by atoms with Crippen molar-refractivity contribution < 1.29 is 4.74 Å². The Bertz CT molecular complexity index is 1710. The number of hydrogen-bond donors (Lipinski definition) is 1. The zero-order valence-corrected chi connectivity index (χ0v) is 24.4. The summed E-state index contributed by atoms with van der Waals surface area (Å²) >= 11 is 8.37. The molecule has 0 aliphatic carbocycles. The Labute approximate surface area is 249 Å². The summed E-state index contributed by atoms with van der Waals surface area (Å²) < 4.78 is 5.91. The molecule has 1 N–H and O–H groups in total. The molecule has 5 aromatic rings. The molecular formula is C33H30ClN5OS. The van der Waals surface area contributed by atoms with E-state index < -0.39 is 0 Å². The average molecular weight is 580 g/mol. The normalized spacial score (nSPS) is 14.2. The van der Waals surface area contributed by atoms with Gasteiger partial charge in [0.1, 0.15) is 17.6 Å². The molecule has 206 valence electrons. The van der Waals surface area contributed by atoms with Crippen molar-refractivity contribution in [1.82, 2.24) is 14.8 Å². The molecule has 3 heterocycles. The van der Waals surface area contributed by atoms with E-state index in [1.807, 2.05) is 59.9 Å². The van der Waals surface area contributed by atoms with Crippen molar-refractivity contribution in [1.29, 1.82) is 5.26 Å². The van der Waals surface area contributed by atoms with Crippen LogP contribution in [0.25, 0.3) is 22.0 Å². The molecule has 0 saturated carbocycles. The van der Waals surface area contributed by atoms with Gasteiger partial charge >= 0.3 is 0 Å². The maximum Gasteiger partial charge on any atom is 0.146 e. The molecule has 8 heteroatoms. The topological polar surface area (TPSA) is 64.4 Å². The third-order valence-corrected chi connectivity index (χ3v) is 8.66. The molecule has 0 radical (unpaired) electrons. The number of aromatic nitrogens is 1. The minimum atomic E-state index is 0.465. The number of anilines is 2. The summed E-state index contributed by atoms with van der Waals surface area (Å²) in [7, 11) is 0. The standard InChI is InChI=1S/C33H30ClN5OS/c1-2-38-12-14-39(15-13-38)21-28-16-24(22-41-28)23-8-10-29-31(17-23)36-20-25(19-35)33(29)37-26-9-11-32(30(34)18-26)40-27-6-4-3-5-7-27/h3-11,16-18,20,22H,2,12-15,21H2,1H3,(H,36,37). The van der Waals surface area contributed by atoms with Crippen LogP contribution in [-0.2, 0) is 6.54 Å². The highest BCUT2D eigenvalue weighted by atomic mass is 35.5. The number of para-hydroxylation sites is 1. The van der Waals surface area contributed by atoms with Gasteiger partial charge in [0.25, 0.3) is 0 Å². The Kier molecular flexibility index (Phi) is 8.17. The minimum Gasteiger partial charge on any atom is -0.456 e. The number of thiophene rings is 1. The third kappa shape index (κ3) is 6.22. The number of nitriles is 1. The van der Waals surface area contributed by atoms with Crippen molar-refractivity contribution in [3.05, 3.63) is 99.8 Å². The lowest BCUT2D eigenvalue weighted by Gasteiger charge is -2.33. The third-order valence-electron chi connectivity index (χ3n) is 7.44. The number of nitrogens with one attached hydrogen (secondary N) is 1. The van der Waals surface area contributed by atoms with E-state index >= 15 is 0 Å². The van der Waals surface area contributed by atoms with E-state index in [1.165, 1.54) is 10.4 Å². The van der Waals surface area contributed by atoms with Crippen molar-refractivity contribution in [3.8, 4) is 28.7 Å². The molecule has 41 heavy (non-hydrogen) atoms. The molecule has 0 amide bonds. The number of hydrogen-bond acceptors (Lipinski definition) is 7. The number of nitrogens with zero attached hydrogens (tertiary/aromatic N) is 4. The van der Waals surface area contributed by atoms with Gasteiger partial charge in [-0.05, 0) is 65.5 Å². The summed E-state index contributed by atoms with van der Waals surface area (Å²) in [5, 5.41) is 16.8. The van der Waals surface area contributed by atoms with Gasteiger partial charge in [-0.15, -0.1) is 11.3 Å². The predicted molar refractivity (Wildman–Crippen MR) is 168 cm³/mol. The summed E-state index contributed by atoms with van der Waals surface area (Å²) in [5.74, 6) is 1.27. The van der Waals surface area contributed by atoms with E-state index in [9.17, 15) is 5.26 Å². The quantitative estimate of drug-likeness (QED) is 0.200. The first-order chi connectivity index (χ1) is 20.1. The fraction of sp³-hybridized carbons (Fsp3) is 0.212. The number of rotatable bonds is 8. The zero-order chi connectivity index (χ0) is 28.2. The molecular weight excluding hydrogens is 550 g/mol. The summed E-state index contributed by atoms with van der Waals surface area (Å²) in [6.45, 7) is 8.87. The van der Waals surface area contributed by atoms with Gasteiger partial charge in [0.2, 0.25) is 0 Å². The van der Waals surface area contributed by atoms with Gasteiger partial charge < -0.3 is 15.0 Å². The van der Waals surface area contributed by atoms with Crippen LogP contribution in [-0.4, -0.2) is 47.5 Å². The smallest absolute Gasteiger partial charge is 0.146 e. The number of fused-ring (bicyclic) bond motifs is 1. The number of pyridine rings is 1. The summed E-state index contributed by atoms with van der Waals surface area (Å²) in [5.41, 5.74) is 5.05. The fourth-order valence-corrected chi connectivity index (χ4v) is 6.27. The van der Waals surface area contributed by atoms with Crippen molar-refractivity contribution in [3.63, 3.8) is 0 Å². The van der Waals surface area contributed by atoms with E-state index in [0.717, 1.165) is 61.4 Å². The van der Waals surface area contributed by atoms with Crippen LogP contribution in [0.1, 0.15) is 17.4 Å². The van der Waals surface area contributed by atoms with Gasteiger partial charge in [-0.1, -0.05) is 48.9 Å². The largest absolute Gasteiger partial charge is 0.456 e. The van der Waals surface area contributed by atoms with Crippen molar-refractivity contribution in [2.24, 2.45) is 0 Å². The average Bonchev–Trinajstić information content (AvgIpc) is 3.48. The van der Waals surface area contributed by atoms with Crippen molar-refractivity contribution in [2.75, 3.05) is 38.0 Å². The first-order valence-electron chi connectivity index (χ1n) is 13.7. The Morgan fingerprint density at radius 3 is 2.54 bits per heavy atom. The molecule has 0 bridgehead atoms. The van der Waals surface area contributed by atoms with Gasteiger partial charge in [-0.25, -0.2) is 0 Å². The van der Waals surface area contributed by atoms with Crippen LogP contribution in [0.15, 0.2) is 84.4 Å². The van der Waals surface area contributed by atoms with Crippen LogP contribution in [0.3, 0.4) is 0 Å². The maximum atomic E-state index is 9.84.